The van der Waals surface area contributed by atoms with Crippen molar-refractivity contribution in [2.24, 2.45) is 7.05 Å². The van der Waals surface area contributed by atoms with Crippen LogP contribution in [0.3, 0.4) is 0 Å². The van der Waals surface area contributed by atoms with Gasteiger partial charge in [-0.1, -0.05) is 6.07 Å². The van der Waals surface area contributed by atoms with Crippen LogP contribution in [0.25, 0.3) is 22.5 Å². The molecule has 5 aromatic heterocycles. The fraction of sp³-hybridized carbons (Fsp3) is 0.341. The van der Waals surface area contributed by atoms with Crippen molar-refractivity contribution in [1.29, 1.82) is 0 Å². The van der Waals surface area contributed by atoms with E-state index < -0.39 is 41.5 Å². The minimum atomic E-state index is -1.08. The predicted octanol–water partition coefficient (Wildman–Crippen LogP) is 1.54. The molecule has 20 nitrogen and oxygen atoms in total. The van der Waals surface area contributed by atoms with Gasteiger partial charge in [0.1, 0.15) is 23.7 Å². The zero-order chi connectivity index (χ0) is 43.5. The molecule has 2 aliphatic rings. The van der Waals surface area contributed by atoms with Gasteiger partial charge in [-0.15, -0.1) is 5.10 Å². The number of alkyl halides is 1. The topological polar surface area (TPSA) is 239 Å². The summed E-state index contributed by atoms with van der Waals surface area (Å²) in [6.07, 6.45) is 4.48. The van der Waals surface area contributed by atoms with E-state index in [0.717, 1.165) is 5.56 Å². The monoisotopic (exact) mass is 850 g/mol. The predicted molar refractivity (Wildman–Crippen MR) is 223 cm³/mol. The zero-order valence-electron chi connectivity index (χ0n) is 33.7. The van der Waals surface area contributed by atoms with Crippen molar-refractivity contribution in [3.8, 4) is 5.82 Å². The van der Waals surface area contributed by atoms with Gasteiger partial charge in [-0.25, -0.2) is 23.7 Å². The number of hydrogen-bond donors (Lipinski definition) is 5. The number of imide groups is 1. The summed E-state index contributed by atoms with van der Waals surface area (Å²) in [5.74, 6) is -1.31. The molecule has 0 bridgehead atoms. The van der Waals surface area contributed by atoms with Crippen LogP contribution in [0.1, 0.15) is 51.7 Å². The van der Waals surface area contributed by atoms with Crippen LogP contribution in [0.4, 0.5) is 21.6 Å². The van der Waals surface area contributed by atoms with E-state index in [0.29, 0.717) is 48.6 Å². The number of nitrogens with zero attached hydrogens (tertiary/aromatic N) is 7. The first kappa shape index (κ1) is 41.5. The molecule has 1 saturated carbocycles. The standard InChI is InChI=1S/C41H43FN12O8/c1-43-28-21-33(50-54-32(22-46-36(28)54)39(58)48-27-20-25(27)42)47-26-4-3-13-52(40(26)59)34-19-24(9-11-44-34)37(56)45-12-15-62-17-16-61-14-10-23-5-6-29-31(18-23)51(2)41(60)53(29)30-7-8-35(55)49-38(30)57/h3-6,9,11,13,18-19,21-22,25,27,30,43H,7-8,10,12,14-17,20H2,1-2H3,(H,45,56)(H,47,50)(H,48,58)(H,49,55,57)/t25-,27+,30?/m0/s1. The molecule has 1 aliphatic carbocycles. The van der Waals surface area contributed by atoms with Crippen LogP contribution in [0, 0.1) is 0 Å². The first-order chi connectivity index (χ1) is 30.0. The molecule has 1 unspecified atom stereocenters. The second kappa shape index (κ2) is 17.8. The van der Waals surface area contributed by atoms with Crippen LogP contribution in [0.15, 0.2) is 76.7 Å². The van der Waals surface area contributed by atoms with Crippen molar-refractivity contribution in [2.75, 3.05) is 50.7 Å². The molecule has 5 N–H and O–H groups in total. The van der Waals surface area contributed by atoms with Crippen molar-refractivity contribution in [3.05, 3.63) is 105 Å². The number of imidazole rings is 2. The van der Waals surface area contributed by atoms with Crippen molar-refractivity contribution in [2.45, 2.75) is 43.9 Å². The molecule has 62 heavy (non-hydrogen) atoms. The molecule has 6 heterocycles. The van der Waals surface area contributed by atoms with E-state index >= 15 is 0 Å². The number of halogens is 1. The Balaban J connectivity index is 0.802. The summed E-state index contributed by atoms with van der Waals surface area (Å²) in [7, 11) is 3.32. The molecule has 1 saturated heterocycles. The highest BCUT2D eigenvalue weighted by Crippen LogP contribution is 2.27. The van der Waals surface area contributed by atoms with Gasteiger partial charge in [-0.3, -0.25) is 43.0 Å². The number of fused-ring (bicyclic) bond motifs is 2. The van der Waals surface area contributed by atoms with Crippen LogP contribution in [0.5, 0.6) is 0 Å². The lowest BCUT2D eigenvalue weighted by atomic mass is 10.1. The maximum Gasteiger partial charge on any atom is 0.329 e. The summed E-state index contributed by atoms with van der Waals surface area (Å²) < 4.78 is 30.4. The van der Waals surface area contributed by atoms with Crippen LogP contribution < -0.4 is 37.8 Å². The number of rotatable bonds is 17. The van der Waals surface area contributed by atoms with Gasteiger partial charge in [0, 0.05) is 57.5 Å². The number of amides is 4. The van der Waals surface area contributed by atoms with E-state index in [-0.39, 0.29) is 72.6 Å². The van der Waals surface area contributed by atoms with Gasteiger partial charge < -0.3 is 30.7 Å². The average Bonchev–Trinajstić information content (AvgIpc) is 3.68. The molecule has 322 valence electrons. The number of anilines is 3. The molecule has 21 heteroatoms. The lowest BCUT2D eigenvalue weighted by Gasteiger charge is -2.21. The second-order valence-electron chi connectivity index (χ2n) is 14.8. The number of aryl methyl sites for hydroxylation is 1. The molecule has 0 radical (unpaired) electrons. The van der Waals surface area contributed by atoms with Crippen molar-refractivity contribution >= 4 is 57.5 Å². The smallest absolute Gasteiger partial charge is 0.329 e. The van der Waals surface area contributed by atoms with Gasteiger partial charge in [0.15, 0.2) is 17.2 Å². The molecular formula is C41H43FN12O8. The summed E-state index contributed by atoms with van der Waals surface area (Å²) in [6, 6.07) is 12.1. The zero-order valence-corrected chi connectivity index (χ0v) is 33.7. The number of carbonyl (C=O) groups excluding carboxylic acids is 4. The minimum Gasteiger partial charge on any atom is -0.385 e. The van der Waals surface area contributed by atoms with Gasteiger partial charge in [0.2, 0.25) is 11.8 Å². The van der Waals surface area contributed by atoms with E-state index in [9.17, 15) is 33.2 Å². The highest BCUT2D eigenvalue weighted by atomic mass is 19.1. The largest absolute Gasteiger partial charge is 0.385 e. The third kappa shape index (κ3) is 8.65. The van der Waals surface area contributed by atoms with Crippen LogP contribution in [-0.2, 0) is 32.5 Å². The quantitative estimate of drug-likeness (QED) is 0.0648. The van der Waals surface area contributed by atoms with E-state index in [4.69, 9.17) is 9.47 Å². The third-order valence-corrected chi connectivity index (χ3v) is 10.6. The van der Waals surface area contributed by atoms with Gasteiger partial charge in [0.05, 0.1) is 55.4 Å². The summed E-state index contributed by atoms with van der Waals surface area (Å²) in [6.45, 7) is 1.47. The third-order valence-electron chi connectivity index (χ3n) is 10.6. The second-order valence-corrected chi connectivity index (χ2v) is 14.8. The Bertz CT molecular complexity index is 2830. The Morgan fingerprint density at radius 1 is 0.952 bits per heavy atom. The van der Waals surface area contributed by atoms with Crippen LogP contribution in [0.2, 0.25) is 0 Å². The molecule has 0 spiro atoms. The Kier molecular flexibility index (Phi) is 11.9. The van der Waals surface area contributed by atoms with E-state index in [1.807, 2.05) is 12.1 Å². The lowest BCUT2D eigenvalue weighted by Crippen LogP contribution is -2.44. The molecular weight excluding hydrogens is 808 g/mol. The highest BCUT2D eigenvalue weighted by Gasteiger charge is 2.39. The highest BCUT2D eigenvalue weighted by molar-refractivity contribution is 6.00. The summed E-state index contributed by atoms with van der Waals surface area (Å²) in [4.78, 5) is 85.2. The van der Waals surface area contributed by atoms with Gasteiger partial charge >= 0.3 is 5.69 Å². The molecule has 3 atom stereocenters. The number of nitrogens with one attached hydrogen (secondary N) is 5. The van der Waals surface area contributed by atoms with Crippen molar-refractivity contribution in [1.82, 2.24) is 49.2 Å². The number of benzene rings is 1. The Morgan fingerprint density at radius 3 is 2.53 bits per heavy atom. The summed E-state index contributed by atoms with van der Waals surface area (Å²) in [5.41, 5.74) is 2.82. The van der Waals surface area contributed by atoms with Crippen molar-refractivity contribution in [3.63, 3.8) is 0 Å². The molecule has 4 amide bonds. The summed E-state index contributed by atoms with van der Waals surface area (Å²) >= 11 is 0. The van der Waals surface area contributed by atoms with Gasteiger partial charge in [-0.2, -0.15) is 0 Å². The average molecular weight is 851 g/mol. The summed E-state index contributed by atoms with van der Waals surface area (Å²) in [5, 5.41) is 18.2. The molecule has 1 aliphatic heterocycles. The molecule has 2 fully saturated rings. The number of aromatic nitrogens is 7. The number of piperidine rings is 1. The molecule has 8 rings (SSSR count). The number of hydrogen-bond acceptors (Lipinski definition) is 13. The Morgan fingerprint density at radius 2 is 1.76 bits per heavy atom. The maximum atomic E-state index is 13.6. The minimum absolute atomic E-state index is 0.0998. The SMILES string of the molecule is CNc1cc(Nc2cccn(-c3cc(C(=O)NCCOCCOCCc4ccc5c(c4)n(C)c(=O)n5C4CCC(=O)NC4=O)ccn3)c2=O)nn2c(C(=O)N[C@@H]3C[C@@H]3F)cnc12. The number of ether oxygens (including phenoxy) is 2. The normalized spacial score (nSPS) is 17.2. The first-order valence-corrected chi connectivity index (χ1v) is 19.9. The van der Waals surface area contributed by atoms with Crippen molar-refractivity contribution < 1.29 is 33.0 Å². The van der Waals surface area contributed by atoms with Crippen LogP contribution in [-0.4, -0.2) is 109 Å². The van der Waals surface area contributed by atoms with E-state index in [1.165, 1.54) is 48.9 Å². The molecule has 6 aromatic rings. The number of pyridine rings is 2. The number of carbonyl (C=O) groups is 4. The Labute approximate surface area is 351 Å². The fourth-order valence-electron chi connectivity index (χ4n) is 7.17. The molecule has 1 aromatic carbocycles. The van der Waals surface area contributed by atoms with Crippen LogP contribution >= 0.6 is 0 Å². The van der Waals surface area contributed by atoms with E-state index in [2.05, 4.69) is 41.7 Å². The first-order valence-electron chi connectivity index (χ1n) is 19.9. The Hall–Kier alpha value is -7.26. The lowest BCUT2D eigenvalue weighted by molar-refractivity contribution is -0.135. The van der Waals surface area contributed by atoms with E-state index in [1.54, 1.807) is 38.4 Å². The van der Waals surface area contributed by atoms with Gasteiger partial charge in [-0.05, 0) is 54.8 Å². The van der Waals surface area contributed by atoms with Gasteiger partial charge in [0.25, 0.3) is 17.4 Å². The fourth-order valence-corrected chi connectivity index (χ4v) is 7.17. The maximum absolute atomic E-state index is 13.6.